The van der Waals surface area contributed by atoms with Crippen LogP contribution >= 0.6 is 0 Å². The Labute approximate surface area is 190 Å². The molecule has 0 aliphatic rings. The number of non-ortho nitro benzene ring substituents is 1. The fraction of sp³-hybridized carbons (Fsp3) is 0.261. The maximum absolute atomic E-state index is 12.9. The lowest BCUT2D eigenvalue weighted by molar-refractivity contribution is -0.384. The van der Waals surface area contributed by atoms with Crippen LogP contribution in [0.2, 0.25) is 0 Å². The number of carbonyl (C=O) groups excluding carboxylic acids is 2. The van der Waals surface area contributed by atoms with Crippen molar-refractivity contribution in [3.63, 3.8) is 0 Å². The summed E-state index contributed by atoms with van der Waals surface area (Å²) in [6.07, 6.45) is 1.43. The zero-order valence-electron chi connectivity index (χ0n) is 18.4. The van der Waals surface area contributed by atoms with Crippen molar-refractivity contribution < 1.29 is 29.2 Å². The summed E-state index contributed by atoms with van der Waals surface area (Å²) in [6.45, 7) is 3.63. The summed E-state index contributed by atoms with van der Waals surface area (Å²) in [5.41, 5.74) is 0.0464. The van der Waals surface area contributed by atoms with Gasteiger partial charge in [0.1, 0.15) is 17.5 Å². The van der Waals surface area contributed by atoms with Gasteiger partial charge >= 0.3 is 5.97 Å². The van der Waals surface area contributed by atoms with E-state index in [1.807, 2.05) is 13.8 Å². The van der Waals surface area contributed by atoms with Crippen LogP contribution in [0.1, 0.15) is 36.2 Å². The summed E-state index contributed by atoms with van der Waals surface area (Å²) in [7, 11) is 1.48. The molecule has 0 aromatic heterocycles. The molecule has 0 heterocycles. The predicted octanol–water partition coefficient (Wildman–Crippen LogP) is 2.99. The number of hydrogen-bond acceptors (Lipinski definition) is 6. The minimum absolute atomic E-state index is 0.00973. The molecule has 0 aliphatic carbocycles. The van der Waals surface area contributed by atoms with Crippen LogP contribution in [0.4, 0.5) is 5.69 Å². The molecule has 33 heavy (non-hydrogen) atoms. The van der Waals surface area contributed by atoms with Crippen LogP contribution in [0.3, 0.4) is 0 Å². The van der Waals surface area contributed by atoms with Crippen LogP contribution < -0.4 is 15.4 Å². The normalized spacial score (nSPS) is 12.1. The third-order valence-electron chi connectivity index (χ3n) is 4.55. The highest BCUT2D eigenvalue weighted by molar-refractivity contribution is 6.06. The SMILES string of the molecule is COc1ccc(C(=O)N/C(=C/c2cccc([N+](=O)[O-])c2)C(=O)N[C@@H](CC(C)C)C(=O)O)cc1. The Bertz CT molecular complexity index is 1060. The van der Waals surface area contributed by atoms with Crippen molar-refractivity contribution >= 4 is 29.5 Å². The van der Waals surface area contributed by atoms with Gasteiger partial charge in [0.25, 0.3) is 17.5 Å². The number of nitrogens with one attached hydrogen (secondary N) is 2. The van der Waals surface area contributed by atoms with E-state index in [9.17, 15) is 29.6 Å². The van der Waals surface area contributed by atoms with E-state index in [0.717, 1.165) is 0 Å². The van der Waals surface area contributed by atoms with Crippen LogP contribution in [0, 0.1) is 16.0 Å². The van der Waals surface area contributed by atoms with Gasteiger partial charge in [-0.3, -0.25) is 19.7 Å². The lowest BCUT2D eigenvalue weighted by atomic mass is 10.0. The van der Waals surface area contributed by atoms with Crippen molar-refractivity contribution in [2.24, 2.45) is 5.92 Å². The Hall–Kier alpha value is -4.21. The molecular weight excluding hydrogens is 430 g/mol. The largest absolute Gasteiger partial charge is 0.497 e. The number of nitrogens with zero attached hydrogens (tertiary/aromatic N) is 1. The highest BCUT2D eigenvalue weighted by Gasteiger charge is 2.24. The molecule has 10 heteroatoms. The molecule has 3 N–H and O–H groups in total. The monoisotopic (exact) mass is 455 g/mol. The second-order valence-corrected chi connectivity index (χ2v) is 7.59. The first-order valence-electron chi connectivity index (χ1n) is 10.1. The van der Waals surface area contributed by atoms with Gasteiger partial charge in [-0.2, -0.15) is 0 Å². The summed E-state index contributed by atoms with van der Waals surface area (Å²) < 4.78 is 5.06. The van der Waals surface area contributed by atoms with E-state index in [1.54, 1.807) is 12.1 Å². The van der Waals surface area contributed by atoms with Gasteiger partial charge < -0.3 is 20.5 Å². The van der Waals surface area contributed by atoms with E-state index >= 15 is 0 Å². The molecule has 0 fully saturated rings. The average molecular weight is 455 g/mol. The maximum Gasteiger partial charge on any atom is 0.326 e. The summed E-state index contributed by atoms with van der Waals surface area (Å²) in [5.74, 6) is -2.15. The number of methoxy groups -OCH3 is 1. The number of nitro groups is 1. The van der Waals surface area contributed by atoms with Crippen molar-refractivity contribution in [3.8, 4) is 5.75 Å². The predicted molar refractivity (Wildman–Crippen MR) is 121 cm³/mol. The molecule has 1 atom stereocenters. The number of rotatable bonds is 10. The van der Waals surface area contributed by atoms with Crippen molar-refractivity contribution in [1.82, 2.24) is 10.6 Å². The Morgan fingerprint density at radius 2 is 1.82 bits per heavy atom. The van der Waals surface area contributed by atoms with Crippen molar-refractivity contribution in [2.75, 3.05) is 7.11 Å². The summed E-state index contributed by atoms with van der Waals surface area (Å²) in [5, 5.41) is 25.4. The minimum atomic E-state index is -1.21. The lowest BCUT2D eigenvalue weighted by Gasteiger charge is -2.18. The number of nitro benzene ring substituents is 1. The van der Waals surface area contributed by atoms with Gasteiger partial charge in [0.05, 0.1) is 12.0 Å². The molecule has 0 spiro atoms. The number of carboxylic acids is 1. The van der Waals surface area contributed by atoms with E-state index in [2.05, 4.69) is 10.6 Å². The van der Waals surface area contributed by atoms with E-state index < -0.39 is 28.7 Å². The first-order valence-corrected chi connectivity index (χ1v) is 10.1. The number of aliphatic carboxylic acids is 1. The second-order valence-electron chi connectivity index (χ2n) is 7.59. The summed E-state index contributed by atoms with van der Waals surface area (Å²) in [6, 6.07) is 10.4. The highest BCUT2D eigenvalue weighted by atomic mass is 16.6. The van der Waals surface area contributed by atoms with Gasteiger partial charge in [0, 0.05) is 17.7 Å². The van der Waals surface area contributed by atoms with Gasteiger partial charge in [-0.05, 0) is 48.2 Å². The number of carbonyl (C=O) groups is 3. The molecule has 0 radical (unpaired) electrons. The van der Waals surface area contributed by atoms with Crippen LogP contribution in [-0.2, 0) is 9.59 Å². The smallest absolute Gasteiger partial charge is 0.326 e. The Morgan fingerprint density at radius 3 is 2.36 bits per heavy atom. The molecule has 10 nitrogen and oxygen atoms in total. The number of benzene rings is 2. The molecule has 174 valence electrons. The zero-order chi connectivity index (χ0) is 24.5. The van der Waals surface area contributed by atoms with E-state index in [-0.39, 0.29) is 34.9 Å². The quantitative estimate of drug-likeness (QED) is 0.283. The standard InChI is InChI=1S/C23H25N3O7/c1-14(2)11-20(23(29)30)25-22(28)19(13-15-5-4-6-17(12-15)26(31)32)24-21(27)16-7-9-18(33-3)10-8-16/h4-10,12-14,20H,11H2,1-3H3,(H,24,27)(H,25,28)(H,29,30)/b19-13+/t20-/m0/s1. The molecule has 2 amide bonds. The number of carboxylic acid groups (broad SMARTS) is 1. The van der Waals surface area contributed by atoms with E-state index in [4.69, 9.17) is 4.74 Å². The molecule has 0 unspecified atom stereocenters. The average Bonchev–Trinajstić information content (AvgIpc) is 2.77. The van der Waals surface area contributed by atoms with Crippen LogP contribution in [-0.4, -0.2) is 41.0 Å². The molecule has 2 aromatic rings. The molecule has 0 bridgehead atoms. The summed E-state index contributed by atoms with van der Waals surface area (Å²) >= 11 is 0. The van der Waals surface area contributed by atoms with E-state index in [0.29, 0.717) is 5.75 Å². The first kappa shape index (κ1) is 25.1. The first-order chi connectivity index (χ1) is 15.6. The number of amides is 2. The van der Waals surface area contributed by atoms with Crippen molar-refractivity contribution in [1.29, 1.82) is 0 Å². The third kappa shape index (κ3) is 7.46. The van der Waals surface area contributed by atoms with Gasteiger partial charge in [-0.1, -0.05) is 26.0 Å². The fourth-order valence-electron chi connectivity index (χ4n) is 2.92. The van der Waals surface area contributed by atoms with Crippen LogP contribution in [0.25, 0.3) is 6.08 Å². The molecule has 0 aliphatic heterocycles. The molecule has 0 saturated carbocycles. The van der Waals surface area contributed by atoms with Gasteiger partial charge in [-0.25, -0.2) is 4.79 Å². The Kier molecular flexibility index (Phi) is 8.67. The second kappa shape index (κ2) is 11.4. The van der Waals surface area contributed by atoms with Crippen LogP contribution in [0.5, 0.6) is 5.75 Å². The third-order valence-corrected chi connectivity index (χ3v) is 4.55. The Morgan fingerprint density at radius 1 is 1.15 bits per heavy atom. The van der Waals surface area contributed by atoms with E-state index in [1.165, 1.54) is 49.6 Å². The number of ether oxygens (including phenoxy) is 1. The molecular formula is C23H25N3O7. The molecule has 2 rings (SSSR count). The topological polar surface area (TPSA) is 148 Å². The zero-order valence-corrected chi connectivity index (χ0v) is 18.4. The number of hydrogen-bond donors (Lipinski definition) is 3. The lowest BCUT2D eigenvalue weighted by Crippen LogP contribution is -2.45. The van der Waals surface area contributed by atoms with Crippen molar-refractivity contribution in [3.05, 3.63) is 75.5 Å². The van der Waals surface area contributed by atoms with Crippen LogP contribution in [0.15, 0.2) is 54.2 Å². The fourth-order valence-corrected chi connectivity index (χ4v) is 2.92. The molecule has 0 saturated heterocycles. The maximum atomic E-state index is 12.9. The molecule has 2 aromatic carbocycles. The van der Waals surface area contributed by atoms with Gasteiger partial charge in [0.2, 0.25) is 0 Å². The van der Waals surface area contributed by atoms with Gasteiger partial charge in [-0.15, -0.1) is 0 Å². The highest BCUT2D eigenvalue weighted by Crippen LogP contribution is 2.17. The Balaban J connectivity index is 2.38. The van der Waals surface area contributed by atoms with Gasteiger partial charge in [0.15, 0.2) is 0 Å². The van der Waals surface area contributed by atoms with Crippen molar-refractivity contribution in [2.45, 2.75) is 26.3 Å². The summed E-state index contributed by atoms with van der Waals surface area (Å²) in [4.78, 5) is 47.7. The minimum Gasteiger partial charge on any atom is -0.497 e.